The van der Waals surface area contributed by atoms with Crippen LogP contribution in [0.3, 0.4) is 0 Å². The van der Waals surface area contributed by atoms with Crippen LogP contribution in [0.4, 0.5) is 0 Å². The van der Waals surface area contributed by atoms with E-state index in [0.29, 0.717) is 5.75 Å². The van der Waals surface area contributed by atoms with E-state index in [2.05, 4.69) is 17.0 Å². The lowest BCUT2D eigenvalue weighted by Gasteiger charge is -2.38. The van der Waals surface area contributed by atoms with E-state index in [0.717, 1.165) is 12.8 Å². The quantitative estimate of drug-likeness (QED) is 0.544. The van der Waals surface area contributed by atoms with Gasteiger partial charge in [0.05, 0.1) is 19.6 Å². The number of carboxylic acids is 1. The topological polar surface area (TPSA) is 119 Å². The van der Waals surface area contributed by atoms with Crippen LogP contribution >= 0.6 is 11.8 Å². The summed E-state index contributed by atoms with van der Waals surface area (Å²) in [5, 5.41) is 11.1. The SMILES string of the molecule is COC(=O)[C@H](CSC1(C)CCC1)NC(=O)[C@@H](N)CC(=O)O. The maximum atomic E-state index is 11.8. The molecular weight excluding hydrogens is 296 g/mol. The Morgan fingerprint density at radius 1 is 1.43 bits per heavy atom. The molecule has 1 saturated carbocycles. The fraction of sp³-hybridized carbons (Fsp3) is 0.769. The van der Waals surface area contributed by atoms with E-state index >= 15 is 0 Å². The zero-order valence-corrected chi connectivity index (χ0v) is 13.1. The minimum atomic E-state index is -1.18. The van der Waals surface area contributed by atoms with Crippen molar-refractivity contribution < 1.29 is 24.2 Å². The van der Waals surface area contributed by atoms with Crippen molar-refractivity contribution in [1.29, 1.82) is 0 Å². The maximum absolute atomic E-state index is 11.8. The fourth-order valence-electron chi connectivity index (χ4n) is 1.97. The van der Waals surface area contributed by atoms with Gasteiger partial charge in [-0.25, -0.2) is 4.79 Å². The van der Waals surface area contributed by atoms with Crippen molar-refractivity contribution in [3.05, 3.63) is 0 Å². The Balaban J connectivity index is 2.54. The van der Waals surface area contributed by atoms with Gasteiger partial charge in [-0.1, -0.05) is 13.3 Å². The Morgan fingerprint density at radius 2 is 2.05 bits per heavy atom. The molecule has 0 aromatic heterocycles. The van der Waals surface area contributed by atoms with E-state index in [1.165, 1.54) is 13.5 Å². The molecule has 0 radical (unpaired) electrons. The van der Waals surface area contributed by atoms with Crippen molar-refractivity contribution >= 4 is 29.6 Å². The number of thioether (sulfide) groups is 1. The number of hydrogen-bond acceptors (Lipinski definition) is 6. The van der Waals surface area contributed by atoms with Gasteiger partial charge in [0.1, 0.15) is 6.04 Å². The number of carboxylic acid groups (broad SMARTS) is 1. The lowest BCUT2D eigenvalue weighted by molar-refractivity contribution is -0.144. The fourth-order valence-corrected chi connectivity index (χ4v) is 3.34. The number of hydrogen-bond donors (Lipinski definition) is 3. The second kappa shape index (κ2) is 7.65. The van der Waals surface area contributed by atoms with Crippen LogP contribution in [-0.4, -0.2) is 52.6 Å². The monoisotopic (exact) mass is 318 g/mol. The van der Waals surface area contributed by atoms with Gasteiger partial charge in [-0.2, -0.15) is 11.8 Å². The minimum Gasteiger partial charge on any atom is -0.481 e. The van der Waals surface area contributed by atoms with Crippen molar-refractivity contribution in [2.75, 3.05) is 12.9 Å². The summed E-state index contributed by atoms with van der Waals surface area (Å²) in [6.07, 6.45) is 2.85. The number of ether oxygens (including phenoxy) is 1. The van der Waals surface area contributed by atoms with Gasteiger partial charge >= 0.3 is 11.9 Å². The molecule has 0 saturated heterocycles. The van der Waals surface area contributed by atoms with Crippen molar-refractivity contribution in [3.8, 4) is 0 Å². The van der Waals surface area contributed by atoms with E-state index in [1.54, 1.807) is 11.8 Å². The highest BCUT2D eigenvalue weighted by molar-refractivity contribution is 8.00. The van der Waals surface area contributed by atoms with Crippen molar-refractivity contribution in [3.63, 3.8) is 0 Å². The molecule has 2 atom stereocenters. The van der Waals surface area contributed by atoms with Gasteiger partial charge in [0.25, 0.3) is 0 Å². The Labute approximate surface area is 128 Å². The molecule has 7 nitrogen and oxygen atoms in total. The third-order valence-corrected chi connectivity index (χ3v) is 5.15. The first-order valence-electron chi connectivity index (χ1n) is 6.77. The molecule has 0 heterocycles. The number of aliphatic carboxylic acids is 1. The second-order valence-electron chi connectivity index (χ2n) is 5.40. The Hall–Kier alpha value is -1.28. The number of methoxy groups -OCH3 is 1. The standard InChI is InChI=1S/C13H22N2O5S/c1-13(4-3-5-13)21-7-9(12(19)20-2)15-11(18)8(14)6-10(16)17/h8-9H,3-7,14H2,1-2H3,(H,15,18)(H,16,17)/t8-,9-/m0/s1. The van der Waals surface area contributed by atoms with Crippen molar-refractivity contribution in [1.82, 2.24) is 5.32 Å². The molecule has 1 amide bonds. The highest BCUT2D eigenvalue weighted by Gasteiger charge is 2.35. The Bertz CT molecular complexity index is 411. The second-order valence-corrected chi connectivity index (χ2v) is 7.01. The van der Waals surface area contributed by atoms with Gasteiger partial charge < -0.3 is 20.9 Å². The zero-order valence-electron chi connectivity index (χ0n) is 12.3. The predicted octanol–water partition coefficient (Wildman–Crippen LogP) is 0.122. The molecule has 1 fully saturated rings. The molecule has 0 unspecified atom stereocenters. The van der Waals surface area contributed by atoms with E-state index in [-0.39, 0.29) is 4.75 Å². The molecular formula is C13H22N2O5S. The average molecular weight is 318 g/mol. The first kappa shape index (κ1) is 17.8. The number of nitrogens with one attached hydrogen (secondary N) is 1. The molecule has 0 aromatic carbocycles. The first-order valence-corrected chi connectivity index (χ1v) is 7.75. The molecule has 1 aliphatic carbocycles. The third kappa shape index (κ3) is 5.55. The van der Waals surface area contributed by atoms with Crippen LogP contribution in [0.2, 0.25) is 0 Å². The van der Waals surface area contributed by atoms with Crippen LogP contribution in [0.15, 0.2) is 0 Å². The summed E-state index contributed by atoms with van der Waals surface area (Å²) in [4.78, 5) is 34.0. The lowest BCUT2D eigenvalue weighted by Crippen LogP contribution is -2.51. The highest BCUT2D eigenvalue weighted by atomic mass is 32.2. The summed E-state index contributed by atoms with van der Waals surface area (Å²) < 4.78 is 4.81. The number of amides is 1. The number of carbonyl (C=O) groups excluding carboxylic acids is 2. The summed E-state index contributed by atoms with van der Waals surface area (Å²) in [5.41, 5.74) is 5.48. The van der Waals surface area contributed by atoms with Gasteiger partial charge in [0, 0.05) is 10.5 Å². The van der Waals surface area contributed by atoms with E-state index in [1.807, 2.05) is 0 Å². The summed E-state index contributed by atoms with van der Waals surface area (Å²) in [6, 6.07) is -2.00. The molecule has 21 heavy (non-hydrogen) atoms. The van der Waals surface area contributed by atoms with Crippen LogP contribution < -0.4 is 11.1 Å². The van der Waals surface area contributed by atoms with Gasteiger partial charge in [-0.3, -0.25) is 9.59 Å². The molecule has 8 heteroatoms. The van der Waals surface area contributed by atoms with Crippen LogP contribution in [-0.2, 0) is 19.1 Å². The van der Waals surface area contributed by atoms with Crippen LogP contribution in [0.1, 0.15) is 32.6 Å². The summed E-state index contributed by atoms with van der Waals surface area (Å²) in [7, 11) is 1.24. The predicted molar refractivity (Wildman–Crippen MR) is 78.9 cm³/mol. The van der Waals surface area contributed by atoms with Crippen LogP contribution in [0.25, 0.3) is 0 Å². The Morgan fingerprint density at radius 3 is 2.48 bits per heavy atom. The lowest BCUT2D eigenvalue weighted by atomic mass is 9.86. The first-order chi connectivity index (χ1) is 9.77. The summed E-state index contributed by atoms with van der Waals surface area (Å²) >= 11 is 1.61. The maximum Gasteiger partial charge on any atom is 0.329 e. The molecule has 1 rings (SSSR count). The van der Waals surface area contributed by atoms with Crippen molar-refractivity contribution in [2.24, 2.45) is 5.73 Å². The zero-order chi connectivity index (χ0) is 16.0. The van der Waals surface area contributed by atoms with Crippen LogP contribution in [0, 0.1) is 0 Å². The normalized spacial score (nSPS) is 19.0. The third-order valence-electron chi connectivity index (χ3n) is 3.54. The van der Waals surface area contributed by atoms with Gasteiger partial charge in [-0.15, -0.1) is 0 Å². The van der Waals surface area contributed by atoms with E-state index < -0.39 is 36.4 Å². The molecule has 0 aliphatic heterocycles. The molecule has 4 N–H and O–H groups in total. The summed E-state index contributed by atoms with van der Waals surface area (Å²) in [5.74, 6) is -1.99. The number of carbonyl (C=O) groups is 3. The number of rotatable bonds is 8. The smallest absolute Gasteiger partial charge is 0.329 e. The largest absolute Gasteiger partial charge is 0.481 e. The number of nitrogens with two attached hydrogens (primary N) is 1. The molecule has 0 spiro atoms. The minimum absolute atomic E-state index is 0.139. The van der Waals surface area contributed by atoms with Gasteiger partial charge in [0.2, 0.25) is 5.91 Å². The molecule has 0 aromatic rings. The number of esters is 1. The highest BCUT2D eigenvalue weighted by Crippen LogP contribution is 2.43. The molecule has 0 bridgehead atoms. The van der Waals surface area contributed by atoms with Crippen LogP contribution in [0.5, 0.6) is 0 Å². The summed E-state index contributed by atoms with van der Waals surface area (Å²) in [6.45, 7) is 2.12. The average Bonchev–Trinajstić information content (AvgIpc) is 2.39. The van der Waals surface area contributed by atoms with E-state index in [4.69, 9.17) is 10.8 Å². The van der Waals surface area contributed by atoms with E-state index in [9.17, 15) is 14.4 Å². The molecule has 1 aliphatic rings. The van der Waals surface area contributed by atoms with Gasteiger partial charge in [-0.05, 0) is 12.8 Å². The van der Waals surface area contributed by atoms with Gasteiger partial charge in [0.15, 0.2) is 0 Å². The Kier molecular flexibility index (Phi) is 6.47. The molecule has 120 valence electrons. The van der Waals surface area contributed by atoms with Crippen molar-refractivity contribution in [2.45, 2.75) is 49.4 Å².